The highest BCUT2D eigenvalue weighted by Crippen LogP contribution is 2.23. The molecule has 4 rings (SSSR count). The van der Waals surface area contributed by atoms with Gasteiger partial charge in [0.1, 0.15) is 5.52 Å². The summed E-state index contributed by atoms with van der Waals surface area (Å²) in [5.74, 6) is 0.359. The molecule has 2 aromatic carbocycles. The molecule has 0 radical (unpaired) electrons. The predicted molar refractivity (Wildman–Crippen MR) is 101 cm³/mol. The average molecular weight is 330 g/mol. The number of benzene rings is 2. The second-order valence-corrected chi connectivity index (χ2v) is 5.97. The van der Waals surface area contributed by atoms with Gasteiger partial charge in [0, 0.05) is 10.9 Å². The van der Waals surface area contributed by atoms with Crippen LogP contribution in [0.15, 0.2) is 47.6 Å². The third-order valence-electron chi connectivity index (χ3n) is 4.14. The quantitative estimate of drug-likeness (QED) is 0.440. The molecule has 6 nitrogen and oxygen atoms in total. The lowest BCUT2D eigenvalue weighted by Gasteiger charge is -1.98. The minimum Gasteiger partial charge on any atom is -0.338 e. The fourth-order valence-corrected chi connectivity index (χ4v) is 2.70. The van der Waals surface area contributed by atoms with Gasteiger partial charge in [0.25, 0.3) is 5.95 Å². The van der Waals surface area contributed by atoms with Crippen LogP contribution in [0.25, 0.3) is 22.1 Å². The maximum absolute atomic E-state index is 4.46. The number of rotatable bonds is 4. The Labute approximate surface area is 145 Å². The second-order valence-electron chi connectivity index (χ2n) is 5.97. The fourth-order valence-electron chi connectivity index (χ4n) is 2.70. The molecule has 25 heavy (non-hydrogen) atoms. The molecule has 0 amide bonds. The number of nitrogens with zero attached hydrogens (tertiary/aromatic N) is 4. The highest BCUT2D eigenvalue weighted by Gasteiger charge is 2.09. The number of aromatic amines is 1. The van der Waals surface area contributed by atoms with Crippen molar-refractivity contribution in [3.8, 4) is 0 Å². The third-order valence-corrected chi connectivity index (χ3v) is 4.14. The number of fused-ring (bicyclic) bond motifs is 3. The van der Waals surface area contributed by atoms with Crippen LogP contribution >= 0.6 is 0 Å². The van der Waals surface area contributed by atoms with Crippen LogP contribution in [-0.4, -0.2) is 26.4 Å². The Balaban J connectivity index is 1.60. The van der Waals surface area contributed by atoms with E-state index < -0.39 is 0 Å². The van der Waals surface area contributed by atoms with Crippen molar-refractivity contribution in [3.63, 3.8) is 0 Å². The summed E-state index contributed by atoms with van der Waals surface area (Å²) in [5, 5.41) is 13.6. The van der Waals surface area contributed by atoms with Gasteiger partial charge in [-0.05, 0) is 36.6 Å². The zero-order valence-corrected chi connectivity index (χ0v) is 14.1. The number of nitrogens with one attached hydrogen (secondary N) is 2. The third kappa shape index (κ3) is 3.06. The summed E-state index contributed by atoms with van der Waals surface area (Å²) in [7, 11) is 0. The van der Waals surface area contributed by atoms with E-state index >= 15 is 0 Å². The lowest BCUT2D eigenvalue weighted by molar-refractivity contribution is 1.01. The molecule has 2 heterocycles. The van der Waals surface area contributed by atoms with Gasteiger partial charge in [0.15, 0.2) is 5.65 Å². The standard InChI is InChI=1S/C19H18N6/c1-3-13-8-9-16-15(10-13)17-18(21-16)22-19(25-23-17)24-20-11-14-6-4-12(2)5-7-14/h4-11H,3H2,1-2H3,(H2,21,22,24,25)/b20-11+. The molecule has 0 unspecified atom stereocenters. The molecule has 0 fully saturated rings. The monoisotopic (exact) mass is 330 g/mol. The van der Waals surface area contributed by atoms with Crippen molar-refractivity contribution in [2.24, 2.45) is 5.10 Å². The molecule has 4 aromatic rings. The first-order chi connectivity index (χ1) is 12.2. The van der Waals surface area contributed by atoms with Gasteiger partial charge in [-0.25, -0.2) is 5.43 Å². The van der Waals surface area contributed by atoms with E-state index in [0.717, 1.165) is 28.4 Å². The molecule has 0 saturated heterocycles. The fraction of sp³-hybridized carbons (Fsp3) is 0.158. The Morgan fingerprint density at radius 2 is 1.96 bits per heavy atom. The van der Waals surface area contributed by atoms with Gasteiger partial charge in [0.2, 0.25) is 0 Å². The molecular formula is C19H18N6. The summed E-state index contributed by atoms with van der Waals surface area (Å²) >= 11 is 0. The van der Waals surface area contributed by atoms with Crippen molar-refractivity contribution in [3.05, 3.63) is 59.2 Å². The topological polar surface area (TPSA) is 78.9 Å². The van der Waals surface area contributed by atoms with Crippen molar-refractivity contribution in [2.45, 2.75) is 20.3 Å². The minimum absolute atomic E-state index is 0.359. The van der Waals surface area contributed by atoms with Crippen LogP contribution in [0.1, 0.15) is 23.6 Å². The van der Waals surface area contributed by atoms with Crippen LogP contribution in [0.2, 0.25) is 0 Å². The van der Waals surface area contributed by atoms with Crippen LogP contribution in [0.3, 0.4) is 0 Å². The number of hydrogen-bond donors (Lipinski definition) is 2. The van der Waals surface area contributed by atoms with Gasteiger partial charge in [-0.3, -0.25) is 0 Å². The summed E-state index contributed by atoms with van der Waals surface area (Å²) in [6.45, 7) is 4.19. The summed E-state index contributed by atoms with van der Waals surface area (Å²) in [5.41, 5.74) is 8.80. The van der Waals surface area contributed by atoms with Crippen LogP contribution in [0.5, 0.6) is 0 Å². The first-order valence-corrected chi connectivity index (χ1v) is 8.23. The van der Waals surface area contributed by atoms with Crippen LogP contribution < -0.4 is 5.43 Å². The lowest BCUT2D eigenvalue weighted by Crippen LogP contribution is -1.99. The van der Waals surface area contributed by atoms with E-state index in [-0.39, 0.29) is 0 Å². The minimum atomic E-state index is 0.359. The van der Waals surface area contributed by atoms with Crippen LogP contribution in [0.4, 0.5) is 5.95 Å². The van der Waals surface area contributed by atoms with Gasteiger partial charge >= 0.3 is 0 Å². The number of H-pyrrole nitrogens is 1. The SMILES string of the molecule is CCc1ccc2[nH]c3nc(N/N=C/c4ccc(C)cc4)nnc3c2c1. The predicted octanol–water partition coefficient (Wildman–Crippen LogP) is 3.82. The number of aryl methyl sites for hydroxylation is 2. The number of hydrazone groups is 1. The highest BCUT2D eigenvalue weighted by molar-refractivity contribution is 6.03. The molecule has 2 N–H and O–H groups in total. The van der Waals surface area contributed by atoms with Gasteiger partial charge in [-0.2, -0.15) is 10.1 Å². The van der Waals surface area contributed by atoms with E-state index in [9.17, 15) is 0 Å². The summed E-state index contributed by atoms with van der Waals surface area (Å²) < 4.78 is 0. The molecule has 0 aliphatic carbocycles. The van der Waals surface area contributed by atoms with Crippen molar-refractivity contribution >= 4 is 34.2 Å². The van der Waals surface area contributed by atoms with Crippen molar-refractivity contribution < 1.29 is 0 Å². The zero-order valence-electron chi connectivity index (χ0n) is 14.1. The maximum Gasteiger partial charge on any atom is 0.265 e. The van der Waals surface area contributed by atoms with Gasteiger partial charge < -0.3 is 4.98 Å². The largest absolute Gasteiger partial charge is 0.338 e. The molecule has 0 saturated carbocycles. The number of anilines is 1. The molecular weight excluding hydrogens is 312 g/mol. The normalized spacial score (nSPS) is 11.6. The molecule has 0 aliphatic heterocycles. The van der Waals surface area contributed by atoms with Crippen LogP contribution in [0, 0.1) is 6.92 Å². The van der Waals surface area contributed by atoms with E-state index in [1.165, 1.54) is 11.1 Å². The summed E-state index contributed by atoms with van der Waals surface area (Å²) in [6, 6.07) is 14.4. The Bertz CT molecular complexity index is 1060. The highest BCUT2D eigenvalue weighted by atomic mass is 15.4. The summed E-state index contributed by atoms with van der Waals surface area (Å²) in [4.78, 5) is 7.74. The van der Waals surface area contributed by atoms with Crippen LogP contribution in [-0.2, 0) is 6.42 Å². The molecule has 2 aromatic heterocycles. The Hall–Kier alpha value is -3.28. The Morgan fingerprint density at radius 3 is 2.76 bits per heavy atom. The maximum atomic E-state index is 4.46. The second kappa shape index (κ2) is 6.32. The molecule has 0 bridgehead atoms. The van der Waals surface area contributed by atoms with E-state index in [1.54, 1.807) is 6.21 Å². The molecule has 124 valence electrons. The molecule has 6 heteroatoms. The van der Waals surface area contributed by atoms with Gasteiger partial charge in [-0.15, -0.1) is 10.2 Å². The molecule has 0 atom stereocenters. The Kier molecular flexibility index (Phi) is 3.85. The van der Waals surface area contributed by atoms with E-state index in [1.807, 2.05) is 24.3 Å². The lowest BCUT2D eigenvalue weighted by atomic mass is 10.1. The first kappa shape index (κ1) is 15.3. The van der Waals surface area contributed by atoms with E-state index in [2.05, 4.69) is 62.7 Å². The average Bonchev–Trinajstić information content (AvgIpc) is 3.00. The van der Waals surface area contributed by atoms with Crippen molar-refractivity contribution in [1.29, 1.82) is 0 Å². The first-order valence-electron chi connectivity index (χ1n) is 8.23. The van der Waals surface area contributed by atoms with Gasteiger partial charge in [-0.1, -0.05) is 42.8 Å². The van der Waals surface area contributed by atoms with E-state index in [4.69, 9.17) is 0 Å². The van der Waals surface area contributed by atoms with Crippen molar-refractivity contribution in [1.82, 2.24) is 20.2 Å². The zero-order chi connectivity index (χ0) is 17.2. The number of hydrogen-bond acceptors (Lipinski definition) is 5. The van der Waals surface area contributed by atoms with Crippen molar-refractivity contribution in [2.75, 3.05) is 5.43 Å². The summed E-state index contributed by atoms with van der Waals surface area (Å²) in [6.07, 6.45) is 2.71. The molecule has 0 spiro atoms. The van der Waals surface area contributed by atoms with E-state index in [0.29, 0.717) is 11.6 Å². The Morgan fingerprint density at radius 1 is 1.12 bits per heavy atom. The van der Waals surface area contributed by atoms with Gasteiger partial charge in [0.05, 0.1) is 6.21 Å². The molecule has 0 aliphatic rings. The smallest absolute Gasteiger partial charge is 0.265 e. The number of aromatic nitrogens is 4.